The standard InChI is InChI=1S/C27H23Cl2N3O6S.Na/c1-3-15-11-21(29)26(39(35,36)37)23(12-15)31-32-24-18-8-6-5-7-16(18)13-19(25(24)33)27(34)30-22-14-17(38-4-2)9-10-20(22)28;/h5-14,33H,3-4H2,1-2H3,(H,30,34)(H,35,36,37);/q;+1/p-1. The number of hydrogen-bond donors (Lipinski definition) is 2. The Bertz CT molecular complexity index is 1730. The quantitative estimate of drug-likeness (QED) is 0.175. The summed E-state index contributed by atoms with van der Waals surface area (Å²) in [6.45, 7) is 4.04. The van der Waals surface area contributed by atoms with Crippen LogP contribution in [0.1, 0.15) is 29.8 Å². The minimum absolute atomic E-state index is 0. The summed E-state index contributed by atoms with van der Waals surface area (Å²) in [5.41, 5.74) is 0.183. The first-order valence-corrected chi connectivity index (χ1v) is 13.9. The first kappa shape index (κ1) is 31.8. The van der Waals surface area contributed by atoms with E-state index in [9.17, 15) is 22.9 Å². The van der Waals surface area contributed by atoms with Crippen LogP contribution in [0.4, 0.5) is 17.1 Å². The van der Waals surface area contributed by atoms with E-state index in [1.54, 1.807) is 36.4 Å². The van der Waals surface area contributed by atoms with Crippen LogP contribution in [0.5, 0.6) is 11.5 Å². The van der Waals surface area contributed by atoms with Gasteiger partial charge in [0.1, 0.15) is 16.3 Å². The number of anilines is 1. The van der Waals surface area contributed by atoms with Crippen LogP contribution in [0.25, 0.3) is 10.8 Å². The topological polar surface area (TPSA) is 140 Å². The fourth-order valence-electron chi connectivity index (χ4n) is 3.89. The van der Waals surface area contributed by atoms with Gasteiger partial charge >= 0.3 is 29.6 Å². The molecule has 4 aromatic rings. The summed E-state index contributed by atoms with van der Waals surface area (Å²) in [5, 5.41) is 25.1. The van der Waals surface area contributed by atoms with Crippen molar-refractivity contribution >= 4 is 67.1 Å². The van der Waals surface area contributed by atoms with E-state index in [0.29, 0.717) is 35.1 Å². The monoisotopic (exact) mass is 609 g/mol. The molecule has 40 heavy (non-hydrogen) atoms. The van der Waals surface area contributed by atoms with Crippen LogP contribution in [0, 0.1) is 0 Å². The van der Waals surface area contributed by atoms with Gasteiger partial charge in [-0.2, -0.15) is 13.5 Å². The summed E-state index contributed by atoms with van der Waals surface area (Å²) in [5.74, 6) is -1.01. The van der Waals surface area contributed by atoms with Gasteiger partial charge < -0.3 is 15.2 Å². The number of halogens is 2. The number of benzene rings is 4. The van der Waals surface area contributed by atoms with Crippen molar-refractivity contribution in [3.05, 3.63) is 81.8 Å². The van der Waals surface area contributed by atoms with E-state index in [1.165, 1.54) is 24.3 Å². The maximum absolute atomic E-state index is 13.5. The fraction of sp³-hybridized carbons (Fsp3) is 0.148. The van der Waals surface area contributed by atoms with Gasteiger partial charge in [-0.1, -0.05) is 60.1 Å². The Morgan fingerprint density at radius 1 is 1.02 bits per heavy atom. The Kier molecular flexibility index (Phi) is 10.6. The number of nitrogens with one attached hydrogen (secondary N) is 1. The first-order chi connectivity index (χ1) is 18.5. The molecule has 0 spiro atoms. The molecule has 0 bridgehead atoms. The molecule has 0 heterocycles. The zero-order valence-electron chi connectivity index (χ0n) is 21.7. The van der Waals surface area contributed by atoms with Crippen LogP contribution >= 0.6 is 23.2 Å². The van der Waals surface area contributed by atoms with Crippen LogP contribution in [0.2, 0.25) is 10.0 Å². The van der Waals surface area contributed by atoms with Gasteiger partial charge in [-0.3, -0.25) is 9.35 Å². The fourth-order valence-corrected chi connectivity index (χ4v) is 5.26. The van der Waals surface area contributed by atoms with Crippen molar-refractivity contribution in [3.8, 4) is 11.5 Å². The molecule has 13 heteroatoms. The van der Waals surface area contributed by atoms with Crippen molar-refractivity contribution in [2.24, 2.45) is 10.2 Å². The second-order valence-corrected chi connectivity index (χ2v) is 10.5. The van der Waals surface area contributed by atoms with Gasteiger partial charge in [-0.25, -0.2) is 0 Å². The molecule has 0 fully saturated rings. The molecule has 0 atom stereocenters. The third-order valence-electron chi connectivity index (χ3n) is 5.72. The summed E-state index contributed by atoms with van der Waals surface area (Å²) in [6, 6.07) is 15.7. The van der Waals surface area contributed by atoms with E-state index >= 15 is 0 Å². The second-order valence-electron chi connectivity index (χ2n) is 8.31. The zero-order valence-corrected chi connectivity index (χ0v) is 26.1. The number of carbonyl (C=O) groups excluding carboxylic acids is 1. The van der Waals surface area contributed by atoms with Gasteiger partial charge in [0.05, 0.1) is 28.0 Å². The van der Waals surface area contributed by atoms with Crippen molar-refractivity contribution in [3.63, 3.8) is 0 Å². The molecular weight excluding hydrogens is 588 g/mol. The van der Waals surface area contributed by atoms with Crippen LogP contribution in [0.3, 0.4) is 0 Å². The smallest absolute Gasteiger partial charge is 0.870 e. The average Bonchev–Trinajstić information content (AvgIpc) is 2.88. The summed E-state index contributed by atoms with van der Waals surface area (Å²) in [6.07, 6.45) is 0.493. The maximum Gasteiger partial charge on any atom is 1.00 e. The summed E-state index contributed by atoms with van der Waals surface area (Å²) in [7, 11) is -4.76. The van der Waals surface area contributed by atoms with E-state index in [4.69, 9.17) is 27.9 Å². The van der Waals surface area contributed by atoms with Crippen molar-refractivity contribution in [2.75, 3.05) is 11.9 Å². The molecule has 1 amide bonds. The predicted molar refractivity (Wildman–Crippen MR) is 149 cm³/mol. The summed E-state index contributed by atoms with van der Waals surface area (Å²) < 4.78 is 39.2. The minimum atomic E-state index is -4.76. The number of nitrogens with zero attached hydrogens (tertiary/aromatic N) is 2. The molecule has 0 aliphatic rings. The molecule has 4 aromatic carbocycles. The molecule has 0 saturated heterocycles. The van der Waals surface area contributed by atoms with Gasteiger partial charge in [0, 0.05) is 17.0 Å². The molecule has 202 valence electrons. The van der Waals surface area contributed by atoms with Crippen LogP contribution < -0.4 is 44.7 Å². The maximum atomic E-state index is 13.5. The van der Waals surface area contributed by atoms with Gasteiger partial charge in [-0.05, 0) is 54.6 Å². The molecule has 0 aliphatic heterocycles. The van der Waals surface area contributed by atoms with Gasteiger partial charge in [0.15, 0.2) is 0 Å². The Labute approximate surface area is 263 Å². The van der Waals surface area contributed by atoms with E-state index in [2.05, 4.69) is 15.5 Å². The number of ether oxygens (including phenoxy) is 1. The average molecular weight is 610 g/mol. The molecule has 0 radical (unpaired) electrons. The Morgan fingerprint density at radius 2 is 1.75 bits per heavy atom. The number of hydrogen-bond acceptors (Lipinski definition) is 7. The number of carbonyl (C=O) groups is 1. The van der Waals surface area contributed by atoms with Crippen molar-refractivity contribution in [2.45, 2.75) is 25.2 Å². The van der Waals surface area contributed by atoms with Gasteiger partial charge in [-0.15, -0.1) is 5.11 Å². The predicted octanol–water partition coefficient (Wildman–Crippen LogP) is 4.10. The van der Waals surface area contributed by atoms with Crippen LogP contribution in [0.15, 0.2) is 75.8 Å². The molecule has 0 unspecified atom stereocenters. The van der Waals surface area contributed by atoms with E-state index in [-0.39, 0.29) is 62.2 Å². The van der Waals surface area contributed by atoms with E-state index in [1.807, 2.05) is 13.8 Å². The van der Waals surface area contributed by atoms with E-state index in [0.717, 1.165) is 0 Å². The first-order valence-electron chi connectivity index (χ1n) is 11.7. The molecule has 9 nitrogen and oxygen atoms in total. The summed E-state index contributed by atoms with van der Waals surface area (Å²) >= 11 is 12.4. The SMILES string of the molecule is CCOc1ccc(Cl)c(NC(=O)c2cc3ccccc3c(N=Nc3cc(CC)cc(Cl)c3S(=O)(=O)O)c2[O-])c1.[Na+]. The molecule has 0 aliphatic carbocycles. The third kappa shape index (κ3) is 6.95. The third-order valence-corrected chi connectivity index (χ3v) is 7.41. The van der Waals surface area contributed by atoms with Crippen LogP contribution in [-0.4, -0.2) is 25.5 Å². The Balaban J connectivity index is 0.00000441. The number of amides is 1. The largest absolute Gasteiger partial charge is 1.00 e. The second kappa shape index (κ2) is 13.3. The molecule has 0 aromatic heterocycles. The van der Waals surface area contributed by atoms with Crippen molar-refractivity contribution in [1.29, 1.82) is 0 Å². The number of rotatable bonds is 8. The summed E-state index contributed by atoms with van der Waals surface area (Å²) in [4.78, 5) is 12.6. The molecular formula is C27H22Cl2N3NaO6S. The minimum Gasteiger partial charge on any atom is -0.870 e. The van der Waals surface area contributed by atoms with Crippen LogP contribution in [-0.2, 0) is 16.5 Å². The van der Waals surface area contributed by atoms with Gasteiger partial charge in [0.2, 0.25) is 0 Å². The number of fused-ring (bicyclic) bond motifs is 1. The molecule has 4 rings (SSSR count). The van der Waals surface area contributed by atoms with Crippen molar-refractivity contribution in [1.82, 2.24) is 0 Å². The molecule has 2 N–H and O–H groups in total. The number of azo groups is 1. The normalized spacial score (nSPS) is 11.4. The molecule has 0 saturated carbocycles. The Hall–Kier alpha value is -2.70. The Morgan fingerprint density at radius 3 is 2.42 bits per heavy atom. The van der Waals surface area contributed by atoms with E-state index < -0.39 is 26.7 Å². The zero-order chi connectivity index (χ0) is 28.3. The van der Waals surface area contributed by atoms with Gasteiger partial charge in [0.25, 0.3) is 16.0 Å². The number of aryl methyl sites for hydroxylation is 1. The van der Waals surface area contributed by atoms with Crippen molar-refractivity contribution < 1.29 is 57.2 Å².